The van der Waals surface area contributed by atoms with Crippen LogP contribution in [-0.4, -0.2) is 5.91 Å². The molecule has 1 N–H and O–H groups in total. The smallest absolute Gasteiger partial charge is 0.255 e. The van der Waals surface area contributed by atoms with Crippen LogP contribution in [0.1, 0.15) is 27.0 Å². The van der Waals surface area contributed by atoms with Crippen molar-refractivity contribution in [3.8, 4) is 0 Å². The quantitative estimate of drug-likeness (QED) is 0.698. The molecule has 2 rings (SSSR count). The number of halogens is 2. The maximum absolute atomic E-state index is 12.3. The van der Waals surface area contributed by atoms with Gasteiger partial charge < -0.3 is 5.32 Å². The lowest BCUT2D eigenvalue weighted by molar-refractivity contribution is 0.102. The van der Waals surface area contributed by atoms with Gasteiger partial charge in [0.2, 0.25) is 0 Å². The Balaban J connectivity index is 2.30. The fraction of sp³-hybridized carbons (Fsp3) is 0.188. The molecule has 0 unspecified atom stereocenters. The van der Waals surface area contributed by atoms with Gasteiger partial charge in [0, 0.05) is 14.8 Å². The molecule has 0 saturated carbocycles. The van der Waals surface area contributed by atoms with E-state index in [1.165, 1.54) is 5.56 Å². The van der Waals surface area contributed by atoms with E-state index in [-0.39, 0.29) is 5.91 Å². The molecule has 4 heteroatoms. The lowest BCUT2D eigenvalue weighted by Gasteiger charge is -2.13. The number of nitrogens with one attached hydrogen (secondary N) is 1. The van der Waals surface area contributed by atoms with Crippen LogP contribution in [0.3, 0.4) is 0 Å². The monoisotopic (exact) mass is 399 g/mol. The van der Waals surface area contributed by atoms with Gasteiger partial charge in [0.05, 0.1) is 5.02 Å². The van der Waals surface area contributed by atoms with Crippen LogP contribution >= 0.6 is 34.2 Å². The number of rotatable bonds is 2. The average molecular weight is 400 g/mol. The summed E-state index contributed by atoms with van der Waals surface area (Å²) in [5, 5.41) is 3.56. The van der Waals surface area contributed by atoms with Crippen molar-refractivity contribution < 1.29 is 4.79 Å². The van der Waals surface area contributed by atoms with E-state index in [1.54, 1.807) is 12.1 Å². The van der Waals surface area contributed by atoms with Gasteiger partial charge in [0.1, 0.15) is 0 Å². The Hall–Kier alpha value is -1.07. The summed E-state index contributed by atoms with van der Waals surface area (Å²) >= 11 is 8.20. The first-order valence-electron chi connectivity index (χ1n) is 6.22. The molecule has 0 radical (unpaired) electrons. The van der Waals surface area contributed by atoms with Crippen molar-refractivity contribution in [3.05, 3.63) is 61.2 Å². The van der Waals surface area contributed by atoms with Gasteiger partial charge in [-0.1, -0.05) is 29.3 Å². The summed E-state index contributed by atoms with van der Waals surface area (Å²) in [6.07, 6.45) is 0. The van der Waals surface area contributed by atoms with E-state index < -0.39 is 0 Å². The summed E-state index contributed by atoms with van der Waals surface area (Å²) in [7, 11) is 0. The molecule has 0 saturated heterocycles. The number of benzene rings is 2. The first-order chi connectivity index (χ1) is 9.38. The van der Waals surface area contributed by atoms with E-state index in [0.717, 1.165) is 20.4 Å². The number of hydrogen-bond acceptors (Lipinski definition) is 1. The second-order valence-electron chi connectivity index (χ2n) is 4.86. The van der Waals surface area contributed by atoms with Crippen LogP contribution in [0, 0.1) is 24.3 Å². The Labute approximate surface area is 137 Å². The molecular weight excluding hydrogens is 385 g/mol. The highest BCUT2D eigenvalue weighted by atomic mass is 127. The van der Waals surface area contributed by atoms with E-state index in [2.05, 4.69) is 40.0 Å². The SMILES string of the molecule is Cc1cc(C)c(NC(=O)c2ccc(I)c(Cl)c2)c(C)c1. The normalized spacial score (nSPS) is 10.4. The van der Waals surface area contributed by atoms with Gasteiger partial charge in [-0.2, -0.15) is 0 Å². The molecule has 0 heterocycles. The van der Waals surface area contributed by atoms with Gasteiger partial charge in [-0.05, 0) is 72.7 Å². The molecule has 0 aliphatic carbocycles. The minimum atomic E-state index is -0.140. The molecular formula is C16H15ClINO. The highest BCUT2D eigenvalue weighted by molar-refractivity contribution is 14.1. The fourth-order valence-electron chi connectivity index (χ4n) is 2.20. The highest BCUT2D eigenvalue weighted by Gasteiger charge is 2.11. The maximum atomic E-state index is 12.3. The summed E-state index contributed by atoms with van der Waals surface area (Å²) in [6, 6.07) is 9.43. The van der Waals surface area contributed by atoms with Gasteiger partial charge in [0.25, 0.3) is 5.91 Å². The van der Waals surface area contributed by atoms with Crippen molar-refractivity contribution in [2.75, 3.05) is 5.32 Å². The van der Waals surface area contributed by atoms with Crippen molar-refractivity contribution in [1.82, 2.24) is 0 Å². The van der Waals surface area contributed by atoms with Gasteiger partial charge in [-0.15, -0.1) is 0 Å². The Morgan fingerprint density at radius 2 is 1.70 bits per heavy atom. The molecule has 2 aromatic carbocycles. The molecule has 0 spiro atoms. The van der Waals surface area contributed by atoms with E-state index in [0.29, 0.717) is 10.6 Å². The lowest BCUT2D eigenvalue weighted by Crippen LogP contribution is -2.14. The molecule has 0 bridgehead atoms. The molecule has 2 nitrogen and oxygen atoms in total. The third-order valence-corrected chi connectivity index (χ3v) is 4.67. The van der Waals surface area contributed by atoms with Gasteiger partial charge >= 0.3 is 0 Å². The van der Waals surface area contributed by atoms with E-state index in [9.17, 15) is 4.79 Å². The summed E-state index contributed by atoms with van der Waals surface area (Å²) in [4.78, 5) is 12.3. The molecule has 1 amide bonds. The van der Waals surface area contributed by atoms with Crippen LogP contribution in [0.4, 0.5) is 5.69 Å². The summed E-state index contributed by atoms with van der Waals surface area (Å²) in [5.41, 5.74) is 4.75. The highest BCUT2D eigenvalue weighted by Crippen LogP contribution is 2.24. The zero-order valence-electron chi connectivity index (χ0n) is 11.6. The average Bonchev–Trinajstić information content (AvgIpc) is 2.36. The van der Waals surface area contributed by atoms with Crippen LogP contribution in [0.15, 0.2) is 30.3 Å². The van der Waals surface area contributed by atoms with Gasteiger partial charge in [0.15, 0.2) is 0 Å². The molecule has 0 aromatic heterocycles. The van der Waals surface area contributed by atoms with Gasteiger partial charge in [-0.3, -0.25) is 4.79 Å². The Morgan fingerprint density at radius 1 is 1.10 bits per heavy atom. The van der Waals surface area contributed by atoms with Crippen molar-refractivity contribution in [2.24, 2.45) is 0 Å². The van der Waals surface area contributed by atoms with Crippen LogP contribution in [-0.2, 0) is 0 Å². The fourth-order valence-corrected chi connectivity index (χ4v) is 2.72. The number of anilines is 1. The standard InChI is InChI=1S/C16H15ClINO/c1-9-6-10(2)15(11(3)7-9)19-16(20)12-4-5-14(18)13(17)8-12/h4-8H,1-3H3,(H,19,20). The van der Waals surface area contributed by atoms with Crippen LogP contribution in [0.5, 0.6) is 0 Å². The largest absolute Gasteiger partial charge is 0.322 e. The second kappa shape index (κ2) is 6.14. The topological polar surface area (TPSA) is 29.1 Å². The molecule has 0 aliphatic heterocycles. The number of hydrogen-bond donors (Lipinski definition) is 1. The van der Waals surface area contributed by atoms with Crippen molar-refractivity contribution in [2.45, 2.75) is 20.8 Å². The van der Waals surface area contributed by atoms with Crippen LogP contribution in [0.2, 0.25) is 5.02 Å². The van der Waals surface area contributed by atoms with Crippen molar-refractivity contribution >= 4 is 45.8 Å². The minimum absolute atomic E-state index is 0.140. The van der Waals surface area contributed by atoms with E-state index in [1.807, 2.05) is 26.8 Å². The first-order valence-corrected chi connectivity index (χ1v) is 7.68. The number of amides is 1. The summed E-state index contributed by atoms with van der Waals surface area (Å²) in [5.74, 6) is -0.140. The second-order valence-corrected chi connectivity index (χ2v) is 6.43. The molecule has 20 heavy (non-hydrogen) atoms. The van der Waals surface area contributed by atoms with Crippen LogP contribution < -0.4 is 5.32 Å². The molecule has 0 fully saturated rings. The third kappa shape index (κ3) is 3.33. The predicted molar refractivity (Wildman–Crippen MR) is 92.8 cm³/mol. The van der Waals surface area contributed by atoms with Crippen molar-refractivity contribution in [1.29, 1.82) is 0 Å². The Bertz CT molecular complexity index is 659. The van der Waals surface area contributed by atoms with Crippen molar-refractivity contribution in [3.63, 3.8) is 0 Å². The first kappa shape index (κ1) is 15.3. The number of aryl methyl sites for hydroxylation is 3. The maximum Gasteiger partial charge on any atom is 0.255 e. The minimum Gasteiger partial charge on any atom is -0.322 e. The Morgan fingerprint density at radius 3 is 2.25 bits per heavy atom. The summed E-state index contributed by atoms with van der Waals surface area (Å²) < 4.78 is 0.934. The number of carbonyl (C=O) groups excluding carboxylic acids is 1. The molecule has 104 valence electrons. The van der Waals surface area contributed by atoms with Crippen LogP contribution in [0.25, 0.3) is 0 Å². The van der Waals surface area contributed by atoms with E-state index >= 15 is 0 Å². The molecule has 0 aliphatic rings. The molecule has 2 aromatic rings. The third-order valence-electron chi connectivity index (χ3n) is 3.10. The van der Waals surface area contributed by atoms with E-state index in [4.69, 9.17) is 11.6 Å². The summed E-state index contributed by atoms with van der Waals surface area (Å²) in [6.45, 7) is 6.04. The predicted octanol–water partition coefficient (Wildman–Crippen LogP) is 5.12. The van der Waals surface area contributed by atoms with Gasteiger partial charge in [-0.25, -0.2) is 0 Å². The molecule has 0 atom stereocenters. The Kier molecular flexibility index (Phi) is 4.70. The lowest BCUT2D eigenvalue weighted by atomic mass is 10.0. The zero-order chi connectivity index (χ0) is 14.9. The zero-order valence-corrected chi connectivity index (χ0v) is 14.5. The number of carbonyl (C=O) groups is 1.